The quantitative estimate of drug-likeness (QED) is 0.430. The molecule has 1 aromatic carbocycles. The molecule has 0 aliphatic rings. The fourth-order valence-electron chi connectivity index (χ4n) is 0.989. The van der Waals surface area contributed by atoms with Gasteiger partial charge in [0.1, 0.15) is 0 Å². The number of fused-ring (bicyclic) bond motifs is 1. The summed E-state index contributed by atoms with van der Waals surface area (Å²) in [4.78, 5) is 4.31. The molecule has 0 radical (unpaired) electrons. The number of thioether (sulfide) groups is 1. The fourth-order valence-corrected chi connectivity index (χ4v) is 2.72. The van der Waals surface area contributed by atoms with Crippen LogP contribution in [0.5, 0.6) is 0 Å². The molecular formula is C8H7N3S2. The summed E-state index contributed by atoms with van der Waals surface area (Å²) in [5.74, 6) is 0. The predicted molar refractivity (Wildman–Crippen MR) is 57.4 cm³/mol. The summed E-state index contributed by atoms with van der Waals surface area (Å²) >= 11 is 2.75. The van der Waals surface area contributed by atoms with E-state index >= 15 is 0 Å². The number of hydrogen-bond acceptors (Lipinski definition) is 4. The van der Waals surface area contributed by atoms with E-state index in [9.17, 15) is 0 Å². The Kier molecular flexibility index (Phi) is 2.20. The summed E-state index contributed by atoms with van der Waals surface area (Å²) in [5.41, 5.74) is 6.23. The van der Waals surface area contributed by atoms with Gasteiger partial charge in [-0.3, -0.25) is 5.41 Å². The molecule has 0 amide bonds. The maximum Gasteiger partial charge on any atom is 0.158 e. The van der Waals surface area contributed by atoms with Gasteiger partial charge in [0.05, 0.1) is 10.2 Å². The van der Waals surface area contributed by atoms with Crippen molar-refractivity contribution < 1.29 is 0 Å². The predicted octanol–water partition coefficient (Wildman–Crippen LogP) is 2.28. The molecule has 0 atom stereocenters. The Hall–Kier alpha value is -1.07. The van der Waals surface area contributed by atoms with Crippen molar-refractivity contribution >= 4 is 38.5 Å². The Labute approximate surface area is 83.5 Å². The van der Waals surface area contributed by atoms with Crippen LogP contribution in [-0.2, 0) is 0 Å². The maximum atomic E-state index is 7.11. The zero-order valence-electron chi connectivity index (χ0n) is 6.65. The number of thiazole rings is 1. The summed E-state index contributed by atoms with van der Waals surface area (Å²) < 4.78 is 1.96. The van der Waals surface area contributed by atoms with Crippen LogP contribution in [0.2, 0.25) is 0 Å². The van der Waals surface area contributed by atoms with E-state index in [1.54, 1.807) is 11.3 Å². The second kappa shape index (κ2) is 3.35. The molecule has 0 aliphatic heterocycles. The third-order valence-electron chi connectivity index (χ3n) is 1.47. The number of nitrogens with two attached hydrogens (primary N) is 1. The first-order valence-corrected chi connectivity index (χ1v) is 5.26. The number of nitrogens with zero attached hydrogens (tertiary/aromatic N) is 1. The van der Waals surface area contributed by atoms with Crippen LogP contribution in [0.4, 0.5) is 0 Å². The van der Waals surface area contributed by atoms with Crippen molar-refractivity contribution in [1.29, 1.82) is 5.41 Å². The lowest BCUT2D eigenvalue weighted by Gasteiger charge is -1.88. The molecule has 0 saturated heterocycles. The third-order valence-corrected chi connectivity index (χ3v) is 3.29. The Morgan fingerprint density at radius 1 is 1.46 bits per heavy atom. The van der Waals surface area contributed by atoms with Crippen molar-refractivity contribution in [3.63, 3.8) is 0 Å². The van der Waals surface area contributed by atoms with E-state index in [4.69, 9.17) is 11.1 Å². The smallest absolute Gasteiger partial charge is 0.158 e. The minimum absolute atomic E-state index is 0.0825. The summed E-state index contributed by atoms with van der Waals surface area (Å²) in [6, 6.07) is 7.89. The summed E-state index contributed by atoms with van der Waals surface area (Å²) in [5, 5.41) is 7.20. The van der Waals surface area contributed by atoms with Crippen molar-refractivity contribution in [3.05, 3.63) is 24.3 Å². The molecule has 3 N–H and O–H groups in total. The normalized spacial score (nSPS) is 10.5. The van der Waals surface area contributed by atoms with E-state index in [1.807, 2.05) is 24.3 Å². The minimum atomic E-state index is 0.0825. The number of aromatic nitrogens is 1. The average molecular weight is 209 g/mol. The molecular weight excluding hydrogens is 202 g/mol. The number of rotatable bonds is 1. The van der Waals surface area contributed by atoms with E-state index in [0.717, 1.165) is 14.6 Å². The summed E-state index contributed by atoms with van der Waals surface area (Å²) in [6.45, 7) is 0. The molecule has 0 unspecified atom stereocenters. The second-order valence-corrected chi connectivity index (χ2v) is 4.73. The van der Waals surface area contributed by atoms with Gasteiger partial charge < -0.3 is 5.73 Å². The van der Waals surface area contributed by atoms with Gasteiger partial charge in [0.25, 0.3) is 0 Å². The van der Waals surface area contributed by atoms with Gasteiger partial charge >= 0.3 is 0 Å². The zero-order valence-corrected chi connectivity index (χ0v) is 8.28. The minimum Gasteiger partial charge on any atom is -0.378 e. The Morgan fingerprint density at radius 2 is 2.23 bits per heavy atom. The maximum absolute atomic E-state index is 7.11. The van der Waals surface area contributed by atoms with Gasteiger partial charge in [0.2, 0.25) is 0 Å². The highest BCUT2D eigenvalue weighted by molar-refractivity contribution is 8.15. The van der Waals surface area contributed by atoms with Gasteiger partial charge in [0.15, 0.2) is 9.51 Å². The molecule has 2 rings (SSSR count). The number of para-hydroxylation sites is 1. The van der Waals surface area contributed by atoms with Crippen LogP contribution in [0, 0.1) is 5.41 Å². The number of benzene rings is 1. The van der Waals surface area contributed by atoms with E-state index in [1.165, 1.54) is 11.8 Å². The number of hydrogen-bond donors (Lipinski definition) is 2. The van der Waals surface area contributed by atoms with Crippen molar-refractivity contribution in [3.8, 4) is 0 Å². The van der Waals surface area contributed by atoms with Crippen LogP contribution in [-0.4, -0.2) is 10.2 Å². The van der Waals surface area contributed by atoms with Crippen LogP contribution >= 0.6 is 23.1 Å². The van der Waals surface area contributed by atoms with Crippen LogP contribution in [0.1, 0.15) is 0 Å². The lowest BCUT2D eigenvalue weighted by molar-refractivity contribution is 1.31. The summed E-state index contributed by atoms with van der Waals surface area (Å²) in [7, 11) is 0. The van der Waals surface area contributed by atoms with E-state index < -0.39 is 0 Å². The molecule has 0 spiro atoms. The van der Waals surface area contributed by atoms with Crippen molar-refractivity contribution in [2.24, 2.45) is 5.73 Å². The van der Waals surface area contributed by atoms with Gasteiger partial charge in [-0.2, -0.15) is 0 Å². The van der Waals surface area contributed by atoms with Crippen LogP contribution < -0.4 is 5.73 Å². The monoisotopic (exact) mass is 209 g/mol. The highest BCUT2D eigenvalue weighted by Gasteiger charge is 2.03. The molecule has 5 heteroatoms. The molecule has 1 heterocycles. The van der Waals surface area contributed by atoms with Crippen LogP contribution in [0.25, 0.3) is 10.2 Å². The first kappa shape index (κ1) is 8.52. The standard InChI is InChI=1S/C8H7N3S2/c9-7(10)13-8-11-5-3-1-2-4-6(5)12-8/h1-4H,(H3,9,10). The number of amidine groups is 1. The zero-order chi connectivity index (χ0) is 9.26. The molecule has 0 fully saturated rings. The molecule has 0 aliphatic carbocycles. The number of nitrogens with one attached hydrogen (secondary N) is 1. The van der Waals surface area contributed by atoms with Crippen molar-refractivity contribution in [2.75, 3.05) is 0 Å². The van der Waals surface area contributed by atoms with Gasteiger partial charge in [-0.1, -0.05) is 12.1 Å². The molecule has 1 aromatic heterocycles. The first-order chi connectivity index (χ1) is 6.25. The third kappa shape index (κ3) is 1.81. The SMILES string of the molecule is N=C(N)Sc1nc2ccccc2s1. The fraction of sp³-hybridized carbons (Fsp3) is 0. The topological polar surface area (TPSA) is 62.8 Å². The van der Waals surface area contributed by atoms with Crippen molar-refractivity contribution in [2.45, 2.75) is 4.34 Å². The largest absolute Gasteiger partial charge is 0.378 e. The lowest BCUT2D eigenvalue weighted by Crippen LogP contribution is -2.02. The van der Waals surface area contributed by atoms with Gasteiger partial charge in [-0.15, -0.1) is 11.3 Å². The molecule has 2 aromatic rings. The summed E-state index contributed by atoms with van der Waals surface area (Å²) in [6.07, 6.45) is 0. The van der Waals surface area contributed by atoms with Gasteiger partial charge in [-0.25, -0.2) is 4.98 Å². The Morgan fingerprint density at radius 3 is 2.92 bits per heavy atom. The van der Waals surface area contributed by atoms with E-state index in [-0.39, 0.29) is 5.17 Å². The van der Waals surface area contributed by atoms with E-state index in [0.29, 0.717) is 0 Å². The Bertz CT molecular complexity index is 416. The van der Waals surface area contributed by atoms with Gasteiger partial charge in [-0.05, 0) is 23.9 Å². The highest BCUT2D eigenvalue weighted by atomic mass is 32.2. The van der Waals surface area contributed by atoms with Crippen LogP contribution in [0.15, 0.2) is 28.6 Å². The van der Waals surface area contributed by atoms with Gasteiger partial charge in [0, 0.05) is 0 Å². The van der Waals surface area contributed by atoms with E-state index in [2.05, 4.69) is 4.98 Å². The lowest BCUT2D eigenvalue weighted by atomic mass is 10.3. The Balaban J connectivity index is 2.44. The molecule has 13 heavy (non-hydrogen) atoms. The highest BCUT2D eigenvalue weighted by Crippen LogP contribution is 2.28. The molecule has 66 valence electrons. The second-order valence-electron chi connectivity index (χ2n) is 2.41. The van der Waals surface area contributed by atoms with Crippen molar-refractivity contribution in [1.82, 2.24) is 4.98 Å². The average Bonchev–Trinajstić information content (AvgIpc) is 2.44. The first-order valence-electron chi connectivity index (χ1n) is 3.63. The van der Waals surface area contributed by atoms with Crippen LogP contribution in [0.3, 0.4) is 0 Å². The molecule has 0 bridgehead atoms. The molecule has 3 nitrogen and oxygen atoms in total. The molecule has 0 saturated carbocycles.